The van der Waals surface area contributed by atoms with Gasteiger partial charge >= 0.3 is 0 Å². The number of para-hydroxylation sites is 1. The van der Waals surface area contributed by atoms with Crippen molar-refractivity contribution in [3.63, 3.8) is 0 Å². The fourth-order valence-electron chi connectivity index (χ4n) is 2.46. The highest BCUT2D eigenvalue weighted by molar-refractivity contribution is 8.00. The zero-order chi connectivity index (χ0) is 18.5. The fourth-order valence-corrected chi connectivity index (χ4v) is 4.48. The average molecular weight is 393 g/mol. The molecule has 2 aromatic heterocycles. The van der Waals surface area contributed by atoms with Crippen molar-refractivity contribution in [3.05, 3.63) is 83.7 Å². The van der Waals surface area contributed by atoms with Crippen molar-refractivity contribution in [2.75, 3.05) is 0 Å². The highest BCUT2D eigenvalue weighted by Gasteiger charge is 2.06. The molecule has 2 heterocycles. The number of benzene rings is 2. The summed E-state index contributed by atoms with van der Waals surface area (Å²) in [5.41, 5.74) is 6.12. The second-order valence-electron chi connectivity index (χ2n) is 5.76. The summed E-state index contributed by atoms with van der Waals surface area (Å²) in [5, 5.41) is 3.94. The molecule has 0 unspecified atom stereocenters. The van der Waals surface area contributed by atoms with Crippen LogP contribution in [0.25, 0.3) is 10.2 Å². The van der Waals surface area contributed by atoms with Gasteiger partial charge in [-0.25, -0.2) is 10.4 Å². The molecule has 5 nitrogen and oxygen atoms in total. The van der Waals surface area contributed by atoms with Crippen LogP contribution in [-0.2, 0) is 5.75 Å². The number of hydrogen-bond donors (Lipinski definition) is 2. The lowest BCUT2D eigenvalue weighted by Gasteiger charge is -2.02. The minimum Gasteiger partial charge on any atom is -0.360 e. The quantitative estimate of drug-likeness (QED) is 0.284. The predicted molar refractivity (Wildman–Crippen MR) is 111 cm³/mol. The zero-order valence-corrected chi connectivity index (χ0v) is 15.9. The van der Waals surface area contributed by atoms with Crippen LogP contribution in [0.3, 0.4) is 0 Å². The normalized spacial score (nSPS) is 11.3. The topological polar surface area (TPSA) is 70.1 Å². The lowest BCUT2D eigenvalue weighted by Crippen LogP contribution is -2.17. The molecule has 0 aliphatic rings. The van der Waals surface area contributed by atoms with Gasteiger partial charge in [-0.05, 0) is 42.0 Å². The third-order valence-electron chi connectivity index (χ3n) is 3.84. The molecule has 0 spiro atoms. The van der Waals surface area contributed by atoms with Crippen molar-refractivity contribution in [1.82, 2.24) is 15.4 Å². The van der Waals surface area contributed by atoms with Gasteiger partial charge in [0.05, 0.1) is 22.1 Å². The number of hydrogen-bond acceptors (Lipinski definition) is 5. The Labute approximate surface area is 164 Å². The maximum absolute atomic E-state index is 12.1. The van der Waals surface area contributed by atoms with E-state index >= 15 is 0 Å². The van der Waals surface area contributed by atoms with Crippen LogP contribution in [0.5, 0.6) is 0 Å². The molecule has 0 atom stereocenters. The number of thioether (sulfide) groups is 1. The first-order valence-electron chi connectivity index (χ1n) is 8.32. The third-order valence-corrected chi connectivity index (χ3v) is 6.09. The van der Waals surface area contributed by atoms with Crippen molar-refractivity contribution in [2.24, 2.45) is 5.10 Å². The Morgan fingerprint density at radius 2 is 2.00 bits per heavy atom. The van der Waals surface area contributed by atoms with E-state index < -0.39 is 0 Å². The zero-order valence-electron chi connectivity index (χ0n) is 14.3. The lowest BCUT2D eigenvalue weighted by molar-refractivity contribution is 0.0955. The molecular formula is C20H16N4OS2. The number of nitrogens with one attached hydrogen (secondary N) is 2. The van der Waals surface area contributed by atoms with E-state index in [1.165, 1.54) is 4.70 Å². The number of carbonyl (C=O) groups excluding carboxylic acids is 1. The Kier molecular flexibility index (Phi) is 5.32. The smallest absolute Gasteiger partial charge is 0.271 e. The first-order chi connectivity index (χ1) is 13.3. The van der Waals surface area contributed by atoms with Crippen molar-refractivity contribution in [3.8, 4) is 0 Å². The number of carbonyl (C=O) groups is 1. The molecule has 2 aromatic carbocycles. The Morgan fingerprint density at radius 3 is 2.78 bits per heavy atom. The lowest BCUT2D eigenvalue weighted by atomic mass is 10.1. The molecule has 0 aliphatic heterocycles. The van der Waals surface area contributed by atoms with Gasteiger partial charge in [-0.15, -0.1) is 11.3 Å². The maximum Gasteiger partial charge on any atom is 0.271 e. The van der Waals surface area contributed by atoms with Gasteiger partial charge in [0.15, 0.2) is 4.34 Å². The van der Waals surface area contributed by atoms with Crippen molar-refractivity contribution in [1.29, 1.82) is 0 Å². The molecule has 0 radical (unpaired) electrons. The number of H-pyrrole nitrogens is 1. The first kappa shape index (κ1) is 17.5. The highest BCUT2D eigenvalue weighted by atomic mass is 32.2. The summed E-state index contributed by atoms with van der Waals surface area (Å²) in [7, 11) is 0. The molecule has 27 heavy (non-hydrogen) atoms. The van der Waals surface area contributed by atoms with Crippen LogP contribution in [0.4, 0.5) is 0 Å². The average Bonchev–Trinajstić information content (AvgIpc) is 3.36. The van der Waals surface area contributed by atoms with Crippen molar-refractivity contribution < 1.29 is 4.79 Å². The Bertz CT molecular complexity index is 1040. The summed E-state index contributed by atoms with van der Waals surface area (Å²) < 4.78 is 2.25. The summed E-state index contributed by atoms with van der Waals surface area (Å²) >= 11 is 3.41. The molecule has 2 N–H and O–H groups in total. The van der Waals surface area contributed by atoms with E-state index in [2.05, 4.69) is 26.6 Å². The maximum atomic E-state index is 12.1. The van der Waals surface area contributed by atoms with E-state index in [1.807, 2.05) is 54.6 Å². The fraction of sp³-hybridized carbons (Fsp3) is 0.0500. The van der Waals surface area contributed by atoms with Gasteiger partial charge in [-0.1, -0.05) is 36.0 Å². The molecular weight excluding hydrogens is 376 g/mol. The standard InChI is InChI=1S/C20H16N4OS2/c25-19(24-22-12-16-4-3-11-21-16)15-9-7-14(8-10-15)13-26-20-23-17-5-1-2-6-18(17)27-20/h1-12,21H,13H2,(H,24,25)/b22-12+. The number of nitrogens with zero attached hydrogens (tertiary/aromatic N) is 2. The summed E-state index contributed by atoms with van der Waals surface area (Å²) in [6.07, 6.45) is 3.37. The van der Waals surface area contributed by atoms with Crippen LogP contribution >= 0.6 is 23.1 Å². The number of amides is 1. The van der Waals surface area contributed by atoms with Crippen molar-refractivity contribution in [2.45, 2.75) is 10.1 Å². The molecule has 7 heteroatoms. The monoisotopic (exact) mass is 392 g/mol. The van der Waals surface area contributed by atoms with Gasteiger partial charge in [-0.2, -0.15) is 5.10 Å². The molecule has 0 aliphatic carbocycles. The molecule has 0 fully saturated rings. The van der Waals surface area contributed by atoms with Crippen LogP contribution < -0.4 is 5.43 Å². The molecule has 134 valence electrons. The van der Waals surface area contributed by atoms with Crippen LogP contribution in [0.2, 0.25) is 0 Å². The number of thiazole rings is 1. The summed E-state index contributed by atoms with van der Waals surface area (Å²) in [5.74, 6) is 0.579. The molecule has 0 bridgehead atoms. The first-order valence-corrected chi connectivity index (χ1v) is 10.1. The van der Waals surface area contributed by atoms with Crippen LogP contribution in [0, 0.1) is 0 Å². The molecule has 0 saturated heterocycles. The van der Waals surface area contributed by atoms with Gasteiger partial charge in [0, 0.05) is 17.5 Å². The number of aromatic nitrogens is 2. The molecule has 4 rings (SSSR count). The van der Waals surface area contributed by atoms with Gasteiger partial charge in [0.1, 0.15) is 0 Å². The van der Waals surface area contributed by atoms with Crippen LogP contribution in [-0.4, -0.2) is 22.1 Å². The third kappa shape index (κ3) is 4.45. The largest absolute Gasteiger partial charge is 0.360 e. The minimum atomic E-state index is -0.233. The second-order valence-corrected chi connectivity index (χ2v) is 8.01. The van der Waals surface area contributed by atoms with Crippen LogP contribution in [0.1, 0.15) is 21.6 Å². The Hall–Kier alpha value is -2.90. The molecule has 0 saturated carbocycles. The highest BCUT2D eigenvalue weighted by Crippen LogP contribution is 2.31. The number of rotatable bonds is 6. The van der Waals surface area contributed by atoms with Gasteiger partial charge < -0.3 is 4.98 Å². The summed E-state index contributed by atoms with van der Waals surface area (Å²) in [6.45, 7) is 0. The Morgan fingerprint density at radius 1 is 1.15 bits per heavy atom. The van der Waals surface area contributed by atoms with E-state index in [9.17, 15) is 4.79 Å². The van der Waals surface area contributed by atoms with E-state index in [1.54, 1.807) is 35.5 Å². The second kappa shape index (κ2) is 8.20. The van der Waals surface area contributed by atoms with Crippen LogP contribution in [0.15, 0.2) is 76.3 Å². The van der Waals surface area contributed by atoms with E-state index in [-0.39, 0.29) is 5.91 Å². The number of aromatic amines is 1. The van der Waals surface area contributed by atoms with E-state index in [4.69, 9.17) is 0 Å². The number of hydrazone groups is 1. The molecule has 4 aromatic rings. The number of fused-ring (bicyclic) bond motifs is 1. The SMILES string of the molecule is O=C(N/N=C/c1ccc[nH]1)c1ccc(CSc2nc3ccccc3s2)cc1. The Balaban J connectivity index is 1.33. The van der Waals surface area contributed by atoms with Gasteiger partial charge in [0.2, 0.25) is 0 Å². The summed E-state index contributed by atoms with van der Waals surface area (Å²) in [6, 6.07) is 19.4. The predicted octanol–water partition coefficient (Wildman–Crippen LogP) is 4.68. The van der Waals surface area contributed by atoms with Gasteiger partial charge in [0.25, 0.3) is 5.91 Å². The molecule has 1 amide bonds. The minimum absolute atomic E-state index is 0.233. The van der Waals surface area contributed by atoms with Gasteiger partial charge in [-0.3, -0.25) is 4.79 Å². The van der Waals surface area contributed by atoms with E-state index in [0.29, 0.717) is 5.56 Å². The van der Waals surface area contributed by atoms with E-state index in [0.717, 1.165) is 26.9 Å². The van der Waals surface area contributed by atoms with Crippen molar-refractivity contribution >= 4 is 45.4 Å². The summed E-state index contributed by atoms with van der Waals surface area (Å²) in [4.78, 5) is 19.7.